The van der Waals surface area contributed by atoms with Gasteiger partial charge in [-0.1, -0.05) is 23.7 Å². The van der Waals surface area contributed by atoms with Crippen molar-refractivity contribution >= 4 is 23.0 Å². The van der Waals surface area contributed by atoms with Gasteiger partial charge in [-0.25, -0.2) is 4.39 Å². The maximum Gasteiger partial charge on any atom is 0.148 e. The summed E-state index contributed by atoms with van der Waals surface area (Å²) >= 11 is 5.85. The first-order valence-corrected chi connectivity index (χ1v) is 7.63. The van der Waals surface area contributed by atoms with Gasteiger partial charge in [-0.15, -0.1) is 0 Å². The lowest BCUT2D eigenvalue weighted by molar-refractivity contribution is 0.623. The smallest absolute Gasteiger partial charge is 0.148 e. The molecule has 0 atom stereocenters. The Labute approximate surface area is 129 Å². The van der Waals surface area contributed by atoms with E-state index >= 15 is 0 Å². The normalized spacial score (nSPS) is 14.5. The molecule has 1 aliphatic heterocycles. The minimum Gasteiger partial charge on any atom is -0.381 e. The van der Waals surface area contributed by atoms with Gasteiger partial charge in [0.05, 0.1) is 5.69 Å². The van der Waals surface area contributed by atoms with Crippen molar-refractivity contribution in [3.63, 3.8) is 0 Å². The van der Waals surface area contributed by atoms with Crippen LogP contribution in [0.3, 0.4) is 0 Å². The standard InChI is InChI=1S/C17H18ClFN2/c18-14-5-3-13(4-6-14)12-20-15-7-8-17(16(19)11-15)21-9-1-2-10-21/h3-8,11,20H,1-2,9-10,12H2. The first-order chi connectivity index (χ1) is 10.2. The molecule has 1 aliphatic rings. The Morgan fingerprint density at radius 1 is 1.05 bits per heavy atom. The molecule has 21 heavy (non-hydrogen) atoms. The van der Waals surface area contributed by atoms with Crippen LogP contribution in [0.15, 0.2) is 42.5 Å². The fourth-order valence-electron chi connectivity index (χ4n) is 2.64. The Morgan fingerprint density at radius 2 is 1.76 bits per heavy atom. The van der Waals surface area contributed by atoms with Gasteiger partial charge in [0.15, 0.2) is 0 Å². The number of hydrogen-bond donors (Lipinski definition) is 1. The van der Waals surface area contributed by atoms with Crippen molar-refractivity contribution in [3.8, 4) is 0 Å². The average Bonchev–Trinajstić information content (AvgIpc) is 3.01. The van der Waals surface area contributed by atoms with Gasteiger partial charge in [0.2, 0.25) is 0 Å². The number of rotatable bonds is 4. The summed E-state index contributed by atoms with van der Waals surface area (Å²) in [5, 5.41) is 3.96. The molecular weight excluding hydrogens is 287 g/mol. The molecule has 3 rings (SSSR count). The van der Waals surface area contributed by atoms with Crippen LogP contribution in [0.2, 0.25) is 5.02 Å². The molecule has 2 aromatic carbocycles. The third-order valence-electron chi connectivity index (χ3n) is 3.80. The van der Waals surface area contributed by atoms with Crippen LogP contribution >= 0.6 is 11.6 Å². The van der Waals surface area contributed by atoms with E-state index in [1.54, 1.807) is 6.07 Å². The van der Waals surface area contributed by atoms with Crippen LogP contribution in [0.5, 0.6) is 0 Å². The van der Waals surface area contributed by atoms with E-state index in [4.69, 9.17) is 11.6 Å². The Kier molecular flexibility index (Phi) is 4.30. The molecule has 1 heterocycles. The maximum atomic E-state index is 14.2. The maximum absolute atomic E-state index is 14.2. The second-order valence-electron chi connectivity index (χ2n) is 5.34. The Hall–Kier alpha value is -1.74. The lowest BCUT2D eigenvalue weighted by Gasteiger charge is -2.19. The van der Waals surface area contributed by atoms with Crippen LogP contribution in [0.25, 0.3) is 0 Å². The molecule has 0 amide bonds. The van der Waals surface area contributed by atoms with E-state index in [0.29, 0.717) is 12.2 Å². The molecule has 0 radical (unpaired) electrons. The molecule has 0 spiro atoms. The third-order valence-corrected chi connectivity index (χ3v) is 4.06. The highest BCUT2D eigenvalue weighted by molar-refractivity contribution is 6.30. The summed E-state index contributed by atoms with van der Waals surface area (Å²) in [4.78, 5) is 2.11. The number of halogens is 2. The van der Waals surface area contributed by atoms with Gasteiger partial charge in [-0.2, -0.15) is 0 Å². The van der Waals surface area contributed by atoms with Crippen LogP contribution in [0, 0.1) is 5.82 Å². The first-order valence-electron chi connectivity index (χ1n) is 7.25. The van der Waals surface area contributed by atoms with Crippen molar-refractivity contribution in [3.05, 3.63) is 58.9 Å². The van der Waals surface area contributed by atoms with E-state index in [9.17, 15) is 4.39 Å². The number of nitrogens with one attached hydrogen (secondary N) is 1. The SMILES string of the molecule is Fc1cc(NCc2ccc(Cl)cc2)ccc1N1CCCC1. The van der Waals surface area contributed by atoms with Crippen molar-refractivity contribution < 1.29 is 4.39 Å². The van der Waals surface area contributed by atoms with E-state index in [1.807, 2.05) is 36.4 Å². The molecule has 1 N–H and O–H groups in total. The Morgan fingerprint density at radius 3 is 2.43 bits per heavy atom. The highest BCUT2D eigenvalue weighted by Crippen LogP contribution is 2.26. The van der Waals surface area contributed by atoms with Crippen molar-refractivity contribution in [2.75, 3.05) is 23.3 Å². The van der Waals surface area contributed by atoms with E-state index in [2.05, 4.69) is 10.2 Å². The zero-order valence-corrected chi connectivity index (χ0v) is 12.5. The molecule has 4 heteroatoms. The molecular formula is C17H18ClFN2. The number of anilines is 2. The predicted octanol–water partition coefficient (Wildman–Crippen LogP) is 4.69. The second-order valence-corrected chi connectivity index (χ2v) is 5.78. The summed E-state index contributed by atoms with van der Waals surface area (Å²) in [6, 6.07) is 13.0. The molecule has 2 aromatic rings. The quantitative estimate of drug-likeness (QED) is 0.881. The van der Waals surface area contributed by atoms with Crippen LogP contribution in [-0.2, 0) is 6.54 Å². The van der Waals surface area contributed by atoms with Gasteiger partial charge >= 0.3 is 0 Å². The third kappa shape index (κ3) is 3.48. The summed E-state index contributed by atoms with van der Waals surface area (Å²) in [5.74, 6) is -0.155. The van der Waals surface area contributed by atoms with Gasteiger partial charge in [0.25, 0.3) is 0 Å². The monoisotopic (exact) mass is 304 g/mol. The molecule has 110 valence electrons. The number of hydrogen-bond acceptors (Lipinski definition) is 2. The lowest BCUT2D eigenvalue weighted by Crippen LogP contribution is -2.18. The zero-order valence-electron chi connectivity index (χ0n) is 11.8. The Balaban J connectivity index is 1.66. The number of nitrogens with zero attached hydrogens (tertiary/aromatic N) is 1. The molecule has 1 saturated heterocycles. The predicted molar refractivity (Wildman–Crippen MR) is 86.6 cm³/mol. The molecule has 0 saturated carbocycles. The van der Waals surface area contributed by atoms with Crippen LogP contribution in [0.1, 0.15) is 18.4 Å². The fourth-order valence-corrected chi connectivity index (χ4v) is 2.76. The van der Waals surface area contributed by atoms with Crippen molar-refractivity contribution in [1.82, 2.24) is 0 Å². The van der Waals surface area contributed by atoms with Gasteiger partial charge < -0.3 is 10.2 Å². The molecule has 2 nitrogen and oxygen atoms in total. The van der Waals surface area contributed by atoms with Gasteiger partial charge in [0.1, 0.15) is 5.82 Å². The topological polar surface area (TPSA) is 15.3 Å². The summed E-state index contributed by atoms with van der Waals surface area (Å²) in [6.07, 6.45) is 2.30. The molecule has 0 bridgehead atoms. The zero-order chi connectivity index (χ0) is 14.7. The minimum atomic E-state index is -0.155. The number of benzene rings is 2. The highest BCUT2D eigenvalue weighted by Gasteiger charge is 2.15. The molecule has 0 aliphatic carbocycles. The van der Waals surface area contributed by atoms with Crippen molar-refractivity contribution in [1.29, 1.82) is 0 Å². The van der Waals surface area contributed by atoms with E-state index in [-0.39, 0.29) is 5.82 Å². The summed E-state index contributed by atoms with van der Waals surface area (Å²) in [5.41, 5.74) is 2.62. The second kappa shape index (κ2) is 6.35. The average molecular weight is 305 g/mol. The van der Waals surface area contributed by atoms with Crippen LogP contribution in [-0.4, -0.2) is 13.1 Å². The molecule has 0 aromatic heterocycles. The Bertz CT molecular complexity index is 607. The first kappa shape index (κ1) is 14.2. The van der Waals surface area contributed by atoms with E-state index in [0.717, 1.165) is 42.2 Å². The molecule has 1 fully saturated rings. The summed E-state index contributed by atoms with van der Waals surface area (Å²) in [6.45, 7) is 2.56. The van der Waals surface area contributed by atoms with Crippen LogP contribution in [0.4, 0.5) is 15.8 Å². The fraction of sp³-hybridized carbons (Fsp3) is 0.294. The minimum absolute atomic E-state index is 0.155. The lowest BCUT2D eigenvalue weighted by atomic mass is 10.2. The van der Waals surface area contributed by atoms with Gasteiger partial charge in [-0.3, -0.25) is 0 Å². The van der Waals surface area contributed by atoms with E-state index in [1.165, 1.54) is 0 Å². The van der Waals surface area contributed by atoms with Crippen LogP contribution < -0.4 is 10.2 Å². The van der Waals surface area contributed by atoms with E-state index < -0.39 is 0 Å². The molecule has 0 unspecified atom stereocenters. The highest BCUT2D eigenvalue weighted by atomic mass is 35.5. The van der Waals surface area contributed by atoms with Gasteiger partial charge in [-0.05, 0) is 48.7 Å². The largest absolute Gasteiger partial charge is 0.381 e. The van der Waals surface area contributed by atoms with Gasteiger partial charge in [0, 0.05) is 30.3 Å². The van der Waals surface area contributed by atoms with Crippen molar-refractivity contribution in [2.24, 2.45) is 0 Å². The summed E-state index contributed by atoms with van der Waals surface area (Å²) in [7, 11) is 0. The summed E-state index contributed by atoms with van der Waals surface area (Å²) < 4.78 is 14.2. The van der Waals surface area contributed by atoms with Crippen molar-refractivity contribution in [2.45, 2.75) is 19.4 Å².